The van der Waals surface area contributed by atoms with Crippen LogP contribution < -0.4 is 5.32 Å². The Morgan fingerprint density at radius 2 is 1.86 bits per heavy atom. The van der Waals surface area contributed by atoms with Gasteiger partial charge in [0.2, 0.25) is 0 Å². The maximum absolute atomic E-state index is 12.0. The first kappa shape index (κ1) is 17.2. The van der Waals surface area contributed by atoms with Crippen molar-refractivity contribution in [1.82, 2.24) is 0 Å². The minimum absolute atomic E-state index is 0.114. The summed E-state index contributed by atoms with van der Waals surface area (Å²) in [5, 5.41) is 2.73. The van der Waals surface area contributed by atoms with Gasteiger partial charge in [-0.2, -0.15) is 0 Å². The minimum atomic E-state index is -0.784. The summed E-state index contributed by atoms with van der Waals surface area (Å²) >= 11 is 0. The average molecular weight is 291 g/mol. The van der Waals surface area contributed by atoms with Crippen LogP contribution in [0.4, 0.5) is 5.69 Å². The number of nitrogens with one attached hydrogen (secondary N) is 1. The number of amides is 1. The van der Waals surface area contributed by atoms with Crippen molar-refractivity contribution in [3.05, 3.63) is 30.3 Å². The third-order valence-corrected chi connectivity index (χ3v) is 3.44. The lowest BCUT2D eigenvalue weighted by molar-refractivity contribution is -0.157. The van der Waals surface area contributed by atoms with E-state index >= 15 is 0 Å². The van der Waals surface area contributed by atoms with E-state index in [1.165, 1.54) is 0 Å². The SMILES string of the molecule is CCCC[C@H](CC)C(=O)O[C@H](C)C(=O)Nc1ccccc1. The predicted molar refractivity (Wildman–Crippen MR) is 83.9 cm³/mol. The maximum atomic E-state index is 12.0. The molecule has 116 valence electrons. The highest BCUT2D eigenvalue weighted by Crippen LogP contribution is 2.16. The smallest absolute Gasteiger partial charge is 0.309 e. The topological polar surface area (TPSA) is 55.4 Å². The van der Waals surface area contributed by atoms with E-state index in [0.717, 1.165) is 25.7 Å². The maximum Gasteiger partial charge on any atom is 0.309 e. The number of ether oxygens (including phenoxy) is 1. The van der Waals surface area contributed by atoms with Crippen molar-refractivity contribution in [2.45, 2.75) is 52.6 Å². The first-order chi connectivity index (χ1) is 10.1. The zero-order chi connectivity index (χ0) is 15.7. The second-order valence-corrected chi connectivity index (χ2v) is 5.18. The normalized spacial score (nSPS) is 13.3. The summed E-state index contributed by atoms with van der Waals surface area (Å²) in [6.45, 7) is 5.66. The standard InChI is InChI=1S/C17H25NO3/c1-4-6-10-14(5-2)17(20)21-13(3)16(19)18-15-11-8-7-9-12-15/h7-9,11-14H,4-6,10H2,1-3H3,(H,18,19)/t13-,14+/m1/s1. The summed E-state index contributed by atoms with van der Waals surface area (Å²) in [7, 11) is 0. The lowest BCUT2D eigenvalue weighted by Gasteiger charge is -2.18. The number of hydrogen-bond donors (Lipinski definition) is 1. The van der Waals surface area contributed by atoms with Gasteiger partial charge in [-0.25, -0.2) is 0 Å². The molecule has 4 heteroatoms. The van der Waals surface area contributed by atoms with Gasteiger partial charge < -0.3 is 10.1 Å². The van der Waals surface area contributed by atoms with Gasteiger partial charge in [-0.15, -0.1) is 0 Å². The van der Waals surface area contributed by atoms with E-state index in [2.05, 4.69) is 12.2 Å². The molecular weight excluding hydrogens is 266 g/mol. The molecule has 2 atom stereocenters. The molecule has 0 fully saturated rings. The van der Waals surface area contributed by atoms with E-state index < -0.39 is 6.10 Å². The number of carbonyl (C=O) groups excluding carboxylic acids is 2. The van der Waals surface area contributed by atoms with Crippen molar-refractivity contribution in [3.63, 3.8) is 0 Å². The molecule has 1 aromatic carbocycles. The number of para-hydroxylation sites is 1. The molecule has 1 rings (SSSR count). The third-order valence-electron chi connectivity index (χ3n) is 3.44. The van der Waals surface area contributed by atoms with Gasteiger partial charge in [0.15, 0.2) is 6.10 Å². The third kappa shape index (κ3) is 5.98. The molecule has 0 aliphatic rings. The second kappa shape index (κ2) is 9.16. The lowest BCUT2D eigenvalue weighted by Crippen LogP contribution is -2.32. The summed E-state index contributed by atoms with van der Waals surface area (Å²) in [5.74, 6) is -0.696. The number of esters is 1. The van der Waals surface area contributed by atoms with E-state index in [1.807, 2.05) is 25.1 Å². The molecule has 1 amide bonds. The molecular formula is C17H25NO3. The van der Waals surface area contributed by atoms with Gasteiger partial charge in [0.1, 0.15) is 0 Å². The number of carbonyl (C=O) groups is 2. The molecule has 0 aromatic heterocycles. The fourth-order valence-corrected chi connectivity index (χ4v) is 2.03. The minimum Gasteiger partial charge on any atom is -0.452 e. The van der Waals surface area contributed by atoms with Gasteiger partial charge in [-0.3, -0.25) is 9.59 Å². The zero-order valence-corrected chi connectivity index (χ0v) is 13.1. The quantitative estimate of drug-likeness (QED) is 0.742. The van der Waals surface area contributed by atoms with E-state index in [-0.39, 0.29) is 17.8 Å². The molecule has 21 heavy (non-hydrogen) atoms. The summed E-state index contributed by atoms with van der Waals surface area (Å²) in [6, 6.07) is 9.14. The molecule has 4 nitrogen and oxygen atoms in total. The van der Waals surface area contributed by atoms with Crippen LogP contribution in [0.2, 0.25) is 0 Å². The molecule has 0 spiro atoms. The highest BCUT2D eigenvalue weighted by Gasteiger charge is 2.23. The number of benzene rings is 1. The number of hydrogen-bond acceptors (Lipinski definition) is 3. The van der Waals surface area contributed by atoms with Gasteiger partial charge in [0.25, 0.3) is 5.91 Å². The average Bonchev–Trinajstić information content (AvgIpc) is 2.49. The Hall–Kier alpha value is -1.84. The molecule has 0 aliphatic carbocycles. The van der Waals surface area contributed by atoms with Crippen molar-refractivity contribution >= 4 is 17.6 Å². The van der Waals surface area contributed by atoms with Crippen molar-refractivity contribution in [2.75, 3.05) is 5.32 Å². The van der Waals surface area contributed by atoms with E-state index in [1.54, 1.807) is 19.1 Å². The highest BCUT2D eigenvalue weighted by molar-refractivity contribution is 5.95. The van der Waals surface area contributed by atoms with Gasteiger partial charge in [-0.1, -0.05) is 44.9 Å². The second-order valence-electron chi connectivity index (χ2n) is 5.18. The highest BCUT2D eigenvalue weighted by atomic mass is 16.5. The summed E-state index contributed by atoms with van der Waals surface area (Å²) in [6.07, 6.45) is 2.82. The van der Waals surface area contributed by atoms with Crippen LogP contribution in [0.1, 0.15) is 46.5 Å². The van der Waals surface area contributed by atoms with Crippen LogP contribution >= 0.6 is 0 Å². The van der Waals surface area contributed by atoms with E-state index in [4.69, 9.17) is 4.74 Å². The van der Waals surface area contributed by atoms with Crippen molar-refractivity contribution in [1.29, 1.82) is 0 Å². The van der Waals surface area contributed by atoms with Gasteiger partial charge in [0, 0.05) is 5.69 Å². The summed E-state index contributed by atoms with van der Waals surface area (Å²) < 4.78 is 5.28. The van der Waals surface area contributed by atoms with Crippen molar-refractivity contribution < 1.29 is 14.3 Å². The number of rotatable bonds is 8. The molecule has 0 radical (unpaired) electrons. The summed E-state index contributed by atoms with van der Waals surface area (Å²) in [4.78, 5) is 24.0. The Kier molecular flexibility index (Phi) is 7.51. The van der Waals surface area contributed by atoms with Crippen LogP contribution in [0.25, 0.3) is 0 Å². The molecule has 0 unspecified atom stereocenters. The van der Waals surface area contributed by atoms with Gasteiger partial charge in [0.05, 0.1) is 5.92 Å². The first-order valence-corrected chi connectivity index (χ1v) is 7.64. The van der Waals surface area contributed by atoms with Crippen LogP contribution in [0.3, 0.4) is 0 Å². The molecule has 0 saturated carbocycles. The van der Waals surface area contributed by atoms with E-state index in [0.29, 0.717) is 5.69 Å². The largest absolute Gasteiger partial charge is 0.452 e. The molecule has 0 saturated heterocycles. The summed E-state index contributed by atoms with van der Waals surface area (Å²) in [5.41, 5.74) is 0.698. The lowest BCUT2D eigenvalue weighted by atomic mass is 10.00. The van der Waals surface area contributed by atoms with Crippen molar-refractivity contribution in [3.8, 4) is 0 Å². The Morgan fingerprint density at radius 1 is 1.19 bits per heavy atom. The Labute approximate surface area is 126 Å². The molecule has 1 N–H and O–H groups in total. The Bertz CT molecular complexity index is 445. The number of unbranched alkanes of at least 4 members (excludes halogenated alkanes) is 1. The van der Waals surface area contributed by atoms with Crippen LogP contribution in [0.15, 0.2) is 30.3 Å². The first-order valence-electron chi connectivity index (χ1n) is 7.64. The molecule has 1 aromatic rings. The van der Waals surface area contributed by atoms with Gasteiger partial charge >= 0.3 is 5.97 Å². The predicted octanol–water partition coefficient (Wildman–Crippen LogP) is 3.77. The van der Waals surface area contributed by atoms with E-state index in [9.17, 15) is 9.59 Å². The van der Waals surface area contributed by atoms with Crippen LogP contribution in [-0.4, -0.2) is 18.0 Å². The van der Waals surface area contributed by atoms with Gasteiger partial charge in [-0.05, 0) is 31.9 Å². The molecule has 0 heterocycles. The zero-order valence-electron chi connectivity index (χ0n) is 13.1. The monoisotopic (exact) mass is 291 g/mol. The molecule has 0 bridgehead atoms. The Morgan fingerprint density at radius 3 is 2.43 bits per heavy atom. The van der Waals surface area contributed by atoms with Crippen LogP contribution in [0.5, 0.6) is 0 Å². The Balaban J connectivity index is 2.49. The van der Waals surface area contributed by atoms with Crippen LogP contribution in [-0.2, 0) is 14.3 Å². The molecule has 0 aliphatic heterocycles. The fourth-order valence-electron chi connectivity index (χ4n) is 2.03. The fraction of sp³-hybridized carbons (Fsp3) is 0.529. The van der Waals surface area contributed by atoms with Crippen molar-refractivity contribution in [2.24, 2.45) is 5.92 Å². The van der Waals surface area contributed by atoms with Crippen LogP contribution in [0, 0.1) is 5.92 Å². The number of anilines is 1.